The summed E-state index contributed by atoms with van der Waals surface area (Å²) >= 11 is 0. The van der Waals surface area contributed by atoms with Crippen molar-refractivity contribution in [1.82, 2.24) is 20.6 Å². The van der Waals surface area contributed by atoms with Crippen LogP contribution in [0, 0.1) is 20.8 Å². The summed E-state index contributed by atoms with van der Waals surface area (Å²) in [4.78, 5) is 25.1. The topological polar surface area (TPSA) is 89.2 Å². The van der Waals surface area contributed by atoms with Gasteiger partial charge in [0.05, 0.1) is 28.7 Å². The van der Waals surface area contributed by atoms with Gasteiger partial charge >= 0.3 is 0 Å². The second kappa shape index (κ2) is 6.99. The van der Waals surface area contributed by atoms with Crippen LogP contribution in [-0.4, -0.2) is 21.6 Å². The molecule has 0 saturated heterocycles. The fourth-order valence-electron chi connectivity index (χ4n) is 3.38. The number of amides is 2. The molecule has 2 amide bonds. The first-order chi connectivity index (χ1) is 13.5. The van der Waals surface area contributed by atoms with E-state index in [2.05, 4.69) is 16.0 Å². The van der Waals surface area contributed by atoms with Crippen molar-refractivity contribution in [2.24, 2.45) is 0 Å². The van der Waals surface area contributed by atoms with Crippen LogP contribution < -0.4 is 10.9 Å². The Morgan fingerprint density at radius 2 is 1.75 bits per heavy atom. The van der Waals surface area contributed by atoms with Crippen LogP contribution in [0.3, 0.4) is 0 Å². The molecule has 0 aliphatic heterocycles. The van der Waals surface area contributed by atoms with Crippen molar-refractivity contribution in [2.45, 2.75) is 39.5 Å². The average Bonchev–Trinajstić information content (AvgIpc) is 3.32. The van der Waals surface area contributed by atoms with E-state index in [0.717, 1.165) is 29.8 Å². The Kier molecular flexibility index (Phi) is 4.50. The number of para-hydroxylation sites is 1. The van der Waals surface area contributed by atoms with E-state index in [9.17, 15) is 9.59 Å². The average molecular weight is 378 g/mol. The zero-order chi connectivity index (χ0) is 19.8. The van der Waals surface area contributed by atoms with E-state index >= 15 is 0 Å². The van der Waals surface area contributed by atoms with Crippen molar-refractivity contribution >= 4 is 11.8 Å². The van der Waals surface area contributed by atoms with E-state index in [1.54, 1.807) is 26.1 Å². The summed E-state index contributed by atoms with van der Waals surface area (Å²) in [5, 5.41) is 4.46. The van der Waals surface area contributed by atoms with Crippen molar-refractivity contribution in [3.8, 4) is 5.69 Å². The Labute approximate surface area is 162 Å². The molecule has 7 nitrogen and oxygen atoms in total. The van der Waals surface area contributed by atoms with E-state index in [0.29, 0.717) is 28.6 Å². The Balaban J connectivity index is 1.56. The first kappa shape index (κ1) is 18.0. The van der Waals surface area contributed by atoms with Crippen molar-refractivity contribution in [2.75, 3.05) is 0 Å². The fraction of sp³-hybridized carbons (Fsp3) is 0.286. The summed E-state index contributed by atoms with van der Waals surface area (Å²) < 4.78 is 7.20. The Bertz CT molecular complexity index is 1060. The zero-order valence-corrected chi connectivity index (χ0v) is 16.1. The molecular formula is C21H22N4O3. The predicted molar refractivity (Wildman–Crippen MR) is 103 cm³/mol. The number of hydrogen-bond acceptors (Lipinski definition) is 4. The Morgan fingerprint density at radius 3 is 2.36 bits per heavy atom. The second-order valence-corrected chi connectivity index (χ2v) is 7.15. The zero-order valence-electron chi connectivity index (χ0n) is 16.1. The number of carbonyl (C=O) groups is 2. The minimum absolute atomic E-state index is 0.303. The number of hydrazine groups is 1. The molecule has 3 aromatic rings. The monoisotopic (exact) mass is 378 g/mol. The molecule has 4 rings (SSSR count). The predicted octanol–water partition coefficient (Wildman–Crippen LogP) is 3.34. The van der Waals surface area contributed by atoms with Gasteiger partial charge in [0.1, 0.15) is 11.5 Å². The van der Waals surface area contributed by atoms with Gasteiger partial charge in [-0.2, -0.15) is 5.10 Å². The van der Waals surface area contributed by atoms with E-state index in [-0.39, 0.29) is 5.91 Å². The lowest BCUT2D eigenvalue weighted by Gasteiger charge is -2.11. The summed E-state index contributed by atoms with van der Waals surface area (Å²) in [6, 6.07) is 9.57. The van der Waals surface area contributed by atoms with Crippen LogP contribution in [0.15, 0.2) is 40.9 Å². The van der Waals surface area contributed by atoms with Gasteiger partial charge in [-0.05, 0) is 51.3 Å². The molecule has 0 spiro atoms. The lowest BCUT2D eigenvalue weighted by Crippen LogP contribution is -2.42. The molecule has 2 aromatic heterocycles. The van der Waals surface area contributed by atoms with Crippen molar-refractivity contribution in [3.05, 3.63) is 70.4 Å². The number of hydrogen-bond donors (Lipinski definition) is 2. The molecule has 0 atom stereocenters. The summed E-state index contributed by atoms with van der Waals surface area (Å²) in [5.74, 6) is 0.659. The molecule has 7 heteroatoms. The Hall–Kier alpha value is -3.35. The third kappa shape index (κ3) is 3.31. The highest BCUT2D eigenvalue weighted by atomic mass is 16.3. The largest absolute Gasteiger partial charge is 0.466 e. The number of carbonyl (C=O) groups excluding carboxylic acids is 2. The number of furan rings is 1. The van der Waals surface area contributed by atoms with Crippen LogP contribution in [0.5, 0.6) is 0 Å². The number of rotatable bonds is 4. The summed E-state index contributed by atoms with van der Waals surface area (Å²) in [7, 11) is 0. The van der Waals surface area contributed by atoms with Gasteiger partial charge in [0.2, 0.25) is 0 Å². The van der Waals surface area contributed by atoms with Gasteiger partial charge in [-0.15, -0.1) is 0 Å². The number of nitrogens with one attached hydrogen (secondary N) is 2. The molecule has 0 unspecified atom stereocenters. The number of aromatic nitrogens is 2. The van der Waals surface area contributed by atoms with E-state index in [4.69, 9.17) is 4.42 Å². The highest BCUT2D eigenvalue weighted by molar-refractivity contribution is 6.00. The first-order valence-electron chi connectivity index (χ1n) is 9.27. The van der Waals surface area contributed by atoms with Gasteiger partial charge < -0.3 is 4.42 Å². The second-order valence-electron chi connectivity index (χ2n) is 7.15. The van der Waals surface area contributed by atoms with E-state index < -0.39 is 5.91 Å². The highest BCUT2D eigenvalue weighted by Gasteiger charge is 2.33. The summed E-state index contributed by atoms with van der Waals surface area (Å²) in [6.45, 7) is 5.49. The standard InChI is InChI=1S/C21H22N4O3/c1-12-6-4-5-7-18(12)25-19(15-8-9-15)17(11-22-25)21(27)24-23-20(26)16-10-13(2)28-14(16)3/h4-7,10-11,15H,8-9H2,1-3H3,(H,23,26)(H,24,27). The minimum Gasteiger partial charge on any atom is -0.466 e. The summed E-state index contributed by atoms with van der Waals surface area (Å²) in [5.41, 5.74) is 8.77. The van der Waals surface area contributed by atoms with E-state index in [1.807, 2.05) is 35.9 Å². The molecule has 1 aliphatic carbocycles. The number of benzene rings is 1. The first-order valence-corrected chi connectivity index (χ1v) is 9.27. The molecule has 1 saturated carbocycles. The van der Waals surface area contributed by atoms with E-state index in [1.165, 1.54) is 0 Å². The molecule has 1 fully saturated rings. The maximum absolute atomic E-state index is 12.8. The van der Waals surface area contributed by atoms with Crippen molar-refractivity contribution in [3.63, 3.8) is 0 Å². The van der Waals surface area contributed by atoms with Gasteiger partial charge in [0.15, 0.2) is 0 Å². The van der Waals surface area contributed by atoms with Crippen LogP contribution >= 0.6 is 0 Å². The number of aryl methyl sites for hydroxylation is 3. The van der Waals surface area contributed by atoms with Gasteiger partial charge in [0.25, 0.3) is 11.8 Å². The highest BCUT2D eigenvalue weighted by Crippen LogP contribution is 2.42. The molecular weight excluding hydrogens is 356 g/mol. The van der Waals surface area contributed by atoms with Crippen molar-refractivity contribution < 1.29 is 14.0 Å². The van der Waals surface area contributed by atoms with Gasteiger partial charge in [-0.3, -0.25) is 20.4 Å². The molecule has 28 heavy (non-hydrogen) atoms. The van der Waals surface area contributed by atoms with Crippen LogP contribution in [0.25, 0.3) is 5.69 Å². The molecule has 2 heterocycles. The third-order valence-corrected chi connectivity index (χ3v) is 4.93. The molecule has 144 valence electrons. The minimum atomic E-state index is -0.415. The molecule has 1 aromatic carbocycles. The van der Waals surface area contributed by atoms with Gasteiger partial charge in [-0.25, -0.2) is 4.68 Å². The van der Waals surface area contributed by atoms with Crippen LogP contribution in [0.4, 0.5) is 0 Å². The normalized spacial score (nSPS) is 13.4. The van der Waals surface area contributed by atoms with Crippen LogP contribution in [-0.2, 0) is 0 Å². The molecule has 1 aliphatic rings. The lowest BCUT2D eigenvalue weighted by atomic mass is 10.1. The lowest BCUT2D eigenvalue weighted by molar-refractivity contribution is 0.0845. The maximum atomic E-state index is 12.8. The maximum Gasteiger partial charge on any atom is 0.273 e. The smallest absolute Gasteiger partial charge is 0.273 e. The van der Waals surface area contributed by atoms with Crippen LogP contribution in [0.2, 0.25) is 0 Å². The van der Waals surface area contributed by atoms with Crippen molar-refractivity contribution in [1.29, 1.82) is 0 Å². The van der Waals surface area contributed by atoms with Gasteiger partial charge in [-0.1, -0.05) is 18.2 Å². The third-order valence-electron chi connectivity index (χ3n) is 4.93. The SMILES string of the molecule is Cc1cc(C(=O)NNC(=O)c2cnn(-c3ccccc3C)c2C2CC2)c(C)o1. The van der Waals surface area contributed by atoms with Gasteiger partial charge in [0, 0.05) is 5.92 Å². The van der Waals surface area contributed by atoms with Crippen LogP contribution in [0.1, 0.15) is 62.3 Å². The summed E-state index contributed by atoms with van der Waals surface area (Å²) in [6.07, 6.45) is 3.62. The molecule has 0 bridgehead atoms. The quantitative estimate of drug-likeness (QED) is 0.682. The molecule has 0 radical (unpaired) electrons. The molecule has 2 N–H and O–H groups in total. The fourth-order valence-corrected chi connectivity index (χ4v) is 3.38. The number of nitrogens with zero attached hydrogens (tertiary/aromatic N) is 2. The Morgan fingerprint density at radius 1 is 1.07 bits per heavy atom.